The highest BCUT2D eigenvalue weighted by Crippen LogP contribution is 2.29. The molecule has 0 aliphatic rings. The summed E-state index contributed by atoms with van der Waals surface area (Å²) in [6.45, 7) is 0.399. The fourth-order valence-electron chi connectivity index (χ4n) is 3.24. The average Bonchev–Trinajstić information content (AvgIpc) is 2.77. The number of para-hydroxylation sites is 1. The van der Waals surface area contributed by atoms with E-state index in [1.54, 1.807) is 25.7 Å². The molecule has 2 aromatic heterocycles. The maximum Gasteiger partial charge on any atom is 0.253 e. The maximum absolute atomic E-state index is 12.7. The van der Waals surface area contributed by atoms with Crippen molar-refractivity contribution in [3.8, 4) is 16.9 Å². The Hall–Kier alpha value is -3.93. The van der Waals surface area contributed by atoms with E-state index in [2.05, 4.69) is 15.3 Å². The van der Waals surface area contributed by atoms with E-state index < -0.39 is 0 Å². The molecular formula is C24H24N4O2. The number of aromatic nitrogens is 2. The summed E-state index contributed by atoms with van der Waals surface area (Å²) in [5.41, 5.74) is 9.07. The summed E-state index contributed by atoms with van der Waals surface area (Å²) in [4.78, 5) is 21.0. The Morgan fingerprint density at radius 1 is 1.10 bits per heavy atom. The predicted molar refractivity (Wildman–Crippen MR) is 120 cm³/mol. The molecule has 0 aliphatic heterocycles. The van der Waals surface area contributed by atoms with Crippen molar-refractivity contribution in [3.63, 3.8) is 0 Å². The lowest BCUT2D eigenvalue weighted by Gasteiger charge is -2.10. The van der Waals surface area contributed by atoms with Crippen LogP contribution in [-0.4, -0.2) is 23.0 Å². The molecule has 3 N–H and O–H groups in total. The Morgan fingerprint density at radius 3 is 2.77 bits per heavy atom. The highest BCUT2D eigenvalue weighted by atomic mass is 16.5. The van der Waals surface area contributed by atoms with Crippen LogP contribution >= 0.6 is 0 Å². The topological polar surface area (TPSA) is 90.1 Å². The van der Waals surface area contributed by atoms with Crippen molar-refractivity contribution in [2.75, 3.05) is 12.8 Å². The van der Waals surface area contributed by atoms with Crippen molar-refractivity contribution in [3.05, 3.63) is 84.3 Å². The van der Waals surface area contributed by atoms with Crippen LogP contribution in [-0.2, 0) is 6.54 Å². The lowest BCUT2D eigenvalue weighted by Crippen LogP contribution is -2.23. The van der Waals surface area contributed by atoms with E-state index in [0.717, 1.165) is 33.2 Å². The van der Waals surface area contributed by atoms with Crippen LogP contribution in [0.3, 0.4) is 0 Å². The smallest absolute Gasteiger partial charge is 0.253 e. The van der Waals surface area contributed by atoms with Gasteiger partial charge in [0, 0.05) is 41.6 Å². The number of hydrogen-bond donors (Lipinski definition) is 2. The van der Waals surface area contributed by atoms with Crippen LogP contribution in [0.1, 0.15) is 23.3 Å². The molecule has 0 atom stereocenters. The number of methoxy groups -OCH3 is 1. The van der Waals surface area contributed by atoms with Crippen LogP contribution in [0, 0.1) is 0 Å². The second-order valence-corrected chi connectivity index (χ2v) is 6.60. The molecular weight excluding hydrogens is 376 g/mol. The summed E-state index contributed by atoms with van der Waals surface area (Å²) >= 11 is 0. The molecule has 0 saturated heterocycles. The molecule has 0 radical (unpaired) electrons. The number of hydrogen-bond acceptors (Lipinski definition) is 5. The van der Waals surface area contributed by atoms with E-state index >= 15 is 0 Å². The van der Waals surface area contributed by atoms with Crippen LogP contribution in [0.5, 0.6) is 5.75 Å². The molecule has 0 unspecified atom stereocenters. The molecule has 4 rings (SSSR count). The van der Waals surface area contributed by atoms with Crippen molar-refractivity contribution < 1.29 is 9.53 Å². The number of carbonyl (C=O) groups is 1. The first-order valence-corrected chi connectivity index (χ1v) is 9.15. The van der Waals surface area contributed by atoms with Crippen molar-refractivity contribution >= 4 is 22.5 Å². The average molecular weight is 400 g/mol. The Labute approximate surface area is 175 Å². The molecule has 2 heterocycles. The number of ether oxygens (including phenoxy) is 1. The van der Waals surface area contributed by atoms with Crippen LogP contribution in [0.4, 0.5) is 5.82 Å². The summed E-state index contributed by atoms with van der Waals surface area (Å²) in [5.74, 6) is 1.04. The Kier molecular flexibility index (Phi) is 6.27. The third kappa shape index (κ3) is 4.22. The standard InChI is InChI=1S/C23H20N4O2.CH4/c1-29-21-5-3-2-4-19(21)17-11-18(14-25-13-17)23(28)27-12-15-6-7-20-16(10-15)8-9-26-22(20)24;/h2-11,13-14H,12H2,1H3,(H2,24,26)(H,27,28);1H4. The predicted octanol–water partition coefficient (Wildman–Crippen LogP) is 4.45. The zero-order valence-corrected chi connectivity index (χ0v) is 15.9. The van der Waals surface area contributed by atoms with Gasteiger partial charge in [0.05, 0.1) is 12.7 Å². The van der Waals surface area contributed by atoms with Crippen molar-refractivity contribution in [2.24, 2.45) is 0 Å². The molecule has 152 valence electrons. The van der Waals surface area contributed by atoms with E-state index in [4.69, 9.17) is 10.5 Å². The number of benzene rings is 2. The third-order valence-corrected chi connectivity index (χ3v) is 4.73. The first kappa shape index (κ1) is 20.8. The Bertz CT molecular complexity index is 1190. The molecule has 0 spiro atoms. The summed E-state index contributed by atoms with van der Waals surface area (Å²) in [6.07, 6.45) is 4.95. The van der Waals surface area contributed by atoms with Crippen LogP contribution in [0.2, 0.25) is 0 Å². The highest BCUT2D eigenvalue weighted by molar-refractivity contribution is 5.95. The van der Waals surface area contributed by atoms with Gasteiger partial charge >= 0.3 is 0 Å². The van der Waals surface area contributed by atoms with Gasteiger partial charge in [0.1, 0.15) is 11.6 Å². The summed E-state index contributed by atoms with van der Waals surface area (Å²) in [5, 5.41) is 4.83. The number of nitrogens with zero attached hydrogens (tertiary/aromatic N) is 2. The van der Waals surface area contributed by atoms with Gasteiger partial charge in [-0.25, -0.2) is 4.98 Å². The molecule has 2 aromatic carbocycles. The maximum atomic E-state index is 12.7. The number of nitrogens with one attached hydrogen (secondary N) is 1. The quantitative estimate of drug-likeness (QED) is 0.516. The fourth-order valence-corrected chi connectivity index (χ4v) is 3.24. The zero-order valence-electron chi connectivity index (χ0n) is 15.9. The molecule has 6 heteroatoms. The van der Waals surface area contributed by atoms with E-state index in [1.807, 2.05) is 54.6 Å². The van der Waals surface area contributed by atoms with Gasteiger partial charge in [-0.05, 0) is 35.2 Å². The number of nitrogen functional groups attached to an aromatic ring is 1. The SMILES string of the molecule is C.COc1ccccc1-c1cncc(C(=O)NCc2ccc3c(N)nccc3c2)c1. The monoisotopic (exact) mass is 400 g/mol. The second-order valence-electron chi connectivity index (χ2n) is 6.60. The van der Waals surface area contributed by atoms with Gasteiger partial charge < -0.3 is 15.8 Å². The number of anilines is 1. The van der Waals surface area contributed by atoms with Crippen LogP contribution < -0.4 is 15.8 Å². The van der Waals surface area contributed by atoms with E-state index in [1.165, 1.54) is 0 Å². The molecule has 0 bridgehead atoms. The summed E-state index contributed by atoms with van der Waals surface area (Å²) < 4.78 is 5.41. The van der Waals surface area contributed by atoms with Gasteiger partial charge in [-0.1, -0.05) is 37.8 Å². The number of fused-ring (bicyclic) bond motifs is 1. The third-order valence-electron chi connectivity index (χ3n) is 4.73. The van der Waals surface area contributed by atoms with Crippen LogP contribution in [0.15, 0.2) is 73.2 Å². The fraction of sp³-hybridized carbons (Fsp3) is 0.125. The number of rotatable bonds is 5. The van der Waals surface area contributed by atoms with Crippen molar-refractivity contribution in [2.45, 2.75) is 14.0 Å². The molecule has 30 heavy (non-hydrogen) atoms. The first-order chi connectivity index (χ1) is 14.2. The van der Waals surface area contributed by atoms with E-state index in [9.17, 15) is 4.79 Å². The Balaban J connectivity index is 0.00000256. The van der Waals surface area contributed by atoms with Gasteiger partial charge in [0.15, 0.2) is 0 Å². The second kappa shape index (κ2) is 9.05. The summed E-state index contributed by atoms with van der Waals surface area (Å²) in [6, 6.07) is 17.2. The summed E-state index contributed by atoms with van der Waals surface area (Å²) in [7, 11) is 1.62. The lowest BCUT2D eigenvalue weighted by molar-refractivity contribution is 0.0950. The van der Waals surface area contributed by atoms with Gasteiger partial charge in [-0.3, -0.25) is 9.78 Å². The lowest BCUT2D eigenvalue weighted by atomic mass is 10.0. The minimum absolute atomic E-state index is 0. The van der Waals surface area contributed by atoms with Crippen molar-refractivity contribution in [1.82, 2.24) is 15.3 Å². The number of nitrogens with two attached hydrogens (primary N) is 1. The van der Waals surface area contributed by atoms with Gasteiger partial charge in [-0.2, -0.15) is 0 Å². The molecule has 0 saturated carbocycles. The minimum atomic E-state index is -0.191. The minimum Gasteiger partial charge on any atom is -0.496 e. The molecule has 1 amide bonds. The van der Waals surface area contributed by atoms with Crippen LogP contribution in [0.25, 0.3) is 21.9 Å². The van der Waals surface area contributed by atoms with Gasteiger partial charge in [0.2, 0.25) is 0 Å². The van der Waals surface area contributed by atoms with Gasteiger partial charge in [0.25, 0.3) is 5.91 Å². The number of pyridine rings is 2. The van der Waals surface area contributed by atoms with Crippen molar-refractivity contribution in [1.29, 1.82) is 0 Å². The first-order valence-electron chi connectivity index (χ1n) is 9.15. The van der Waals surface area contributed by atoms with Gasteiger partial charge in [-0.15, -0.1) is 0 Å². The largest absolute Gasteiger partial charge is 0.496 e. The Morgan fingerprint density at radius 2 is 1.93 bits per heavy atom. The zero-order chi connectivity index (χ0) is 20.2. The molecule has 0 aliphatic carbocycles. The van der Waals surface area contributed by atoms with E-state index in [-0.39, 0.29) is 13.3 Å². The number of amides is 1. The molecule has 0 fully saturated rings. The van der Waals surface area contributed by atoms with E-state index in [0.29, 0.717) is 17.9 Å². The number of carbonyl (C=O) groups excluding carboxylic acids is 1. The normalized spacial score (nSPS) is 10.3. The highest BCUT2D eigenvalue weighted by Gasteiger charge is 2.11. The molecule has 6 nitrogen and oxygen atoms in total. The molecule has 4 aromatic rings.